The van der Waals surface area contributed by atoms with E-state index in [0.29, 0.717) is 56.1 Å². The quantitative estimate of drug-likeness (QED) is 0.440. The van der Waals surface area contributed by atoms with Crippen LogP contribution in [0.15, 0.2) is 42.5 Å². The molecule has 0 aliphatic carbocycles. The van der Waals surface area contributed by atoms with Crippen LogP contribution in [-0.4, -0.2) is 83.6 Å². The first-order chi connectivity index (χ1) is 19.8. The van der Waals surface area contributed by atoms with E-state index in [9.17, 15) is 19.8 Å². The molecule has 2 aromatic carbocycles. The van der Waals surface area contributed by atoms with E-state index < -0.39 is 12.2 Å². The summed E-state index contributed by atoms with van der Waals surface area (Å²) in [5, 5.41) is 26.2. The van der Waals surface area contributed by atoms with E-state index in [2.05, 4.69) is 29.4 Å². The Bertz CT molecular complexity index is 1200. The van der Waals surface area contributed by atoms with Crippen LogP contribution in [0.25, 0.3) is 11.1 Å². The van der Waals surface area contributed by atoms with E-state index in [4.69, 9.17) is 9.47 Å². The lowest BCUT2D eigenvalue weighted by Gasteiger charge is -2.34. The Morgan fingerprint density at radius 1 is 1.05 bits per heavy atom. The van der Waals surface area contributed by atoms with Crippen molar-refractivity contribution < 1.29 is 29.3 Å². The molecule has 0 aromatic heterocycles. The second-order valence-electron chi connectivity index (χ2n) is 12.0. The number of carbonyl (C=O) groups is 2. The highest BCUT2D eigenvalue weighted by atomic mass is 16.5. The van der Waals surface area contributed by atoms with Gasteiger partial charge in [0.2, 0.25) is 5.91 Å². The Morgan fingerprint density at radius 2 is 1.83 bits per heavy atom. The predicted molar refractivity (Wildman–Crippen MR) is 156 cm³/mol. The van der Waals surface area contributed by atoms with Gasteiger partial charge in [-0.2, -0.15) is 0 Å². The lowest BCUT2D eigenvalue weighted by Crippen LogP contribution is -2.50. The minimum atomic E-state index is -0.625. The molecule has 9 nitrogen and oxygen atoms in total. The Morgan fingerprint density at radius 3 is 2.59 bits per heavy atom. The zero-order valence-electron chi connectivity index (χ0n) is 24.1. The minimum absolute atomic E-state index is 0.0204. The number of ether oxygens (including phenoxy) is 2. The zero-order chi connectivity index (χ0) is 28.9. The van der Waals surface area contributed by atoms with Crippen molar-refractivity contribution in [3.05, 3.63) is 53.6 Å². The highest BCUT2D eigenvalue weighted by Gasteiger charge is 2.38. The fraction of sp³-hybridized carbons (Fsp3) is 0.562. The predicted octanol–water partition coefficient (Wildman–Crippen LogP) is 2.87. The first-order valence-electron chi connectivity index (χ1n) is 14.9. The number of rotatable bonds is 5. The topological polar surface area (TPSA) is 120 Å². The maximum Gasteiger partial charge on any atom is 0.255 e. The molecule has 0 radical (unpaired) electrons. The molecule has 4 bridgehead atoms. The van der Waals surface area contributed by atoms with Gasteiger partial charge in [-0.25, -0.2) is 0 Å². The summed E-state index contributed by atoms with van der Waals surface area (Å²) in [5.74, 6) is 0.682. The number of fused-ring (bicyclic) bond motifs is 5. The molecule has 3 aliphatic heterocycles. The molecule has 2 saturated heterocycles. The number of aliphatic hydroxyl groups is 2. The lowest BCUT2D eigenvalue weighted by atomic mass is 9.99. The van der Waals surface area contributed by atoms with Crippen LogP contribution in [0.4, 0.5) is 0 Å². The molecule has 0 spiro atoms. The van der Waals surface area contributed by atoms with Gasteiger partial charge in [0.25, 0.3) is 5.91 Å². The number of amides is 2. The molecule has 4 N–H and O–H groups in total. The van der Waals surface area contributed by atoms with E-state index in [1.807, 2.05) is 36.4 Å². The summed E-state index contributed by atoms with van der Waals surface area (Å²) in [6.07, 6.45) is 2.16. The molecule has 0 unspecified atom stereocenters. The van der Waals surface area contributed by atoms with Crippen LogP contribution in [0.5, 0.6) is 5.75 Å². The van der Waals surface area contributed by atoms with Crippen LogP contribution < -0.4 is 15.4 Å². The molecule has 3 aliphatic rings. The molecule has 5 rings (SSSR count). The third-order valence-electron chi connectivity index (χ3n) is 8.49. The van der Waals surface area contributed by atoms with Crippen LogP contribution in [0.1, 0.15) is 61.9 Å². The summed E-state index contributed by atoms with van der Waals surface area (Å²) in [6.45, 7) is 6.27. The van der Waals surface area contributed by atoms with Gasteiger partial charge < -0.3 is 30.3 Å². The normalized spacial score (nSPS) is 27.6. The highest BCUT2D eigenvalue weighted by molar-refractivity contribution is 5.98. The number of aliphatic hydroxyl groups excluding tert-OH is 2. The molecule has 0 saturated carbocycles. The van der Waals surface area contributed by atoms with Crippen molar-refractivity contribution in [3.8, 4) is 16.9 Å². The van der Waals surface area contributed by atoms with E-state index in [0.717, 1.165) is 29.7 Å². The van der Waals surface area contributed by atoms with Gasteiger partial charge in [0.05, 0.1) is 37.0 Å². The summed E-state index contributed by atoms with van der Waals surface area (Å²) in [6, 6.07) is 12.7. The van der Waals surface area contributed by atoms with Crippen molar-refractivity contribution in [3.63, 3.8) is 0 Å². The van der Waals surface area contributed by atoms with E-state index in [1.54, 1.807) is 6.07 Å². The number of nitrogens with zero attached hydrogens (tertiary/aromatic N) is 1. The van der Waals surface area contributed by atoms with Crippen molar-refractivity contribution in [2.75, 3.05) is 26.2 Å². The first kappa shape index (κ1) is 29.5. The summed E-state index contributed by atoms with van der Waals surface area (Å²) < 4.78 is 12.4. The fourth-order valence-corrected chi connectivity index (χ4v) is 5.99. The van der Waals surface area contributed by atoms with E-state index >= 15 is 0 Å². The fourth-order valence-electron chi connectivity index (χ4n) is 5.99. The number of likely N-dealkylation sites (tertiary alicyclic amines) is 1. The van der Waals surface area contributed by atoms with Gasteiger partial charge in [-0.05, 0) is 67.0 Å². The average molecular weight is 566 g/mol. The Labute approximate surface area is 242 Å². The number of benzene rings is 2. The summed E-state index contributed by atoms with van der Waals surface area (Å²) >= 11 is 0. The summed E-state index contributed by atoms with van der Waals surface area (Å²) in [5.41, 5.74) is 3.15. The van der Waals surface area contributed by atoms with Gasteiger partial charge in [0, 0.05) is 25.6 Å². The van der Waals surface area contributed by atoms with Crippen LogP contribution in [0.2, 0.25) is 0 Å². The minimum Gasteiger partial charge on any atom is -0.493 e. The van der Waals surface area contributed by atoms with Crippen LogP contribution in [0, 0.1) is 5.92 Å². The monoisotopic (exact) mass is 565 g/mol. The van der Waals surface area contributed by atoms with Crippen LogP contribution >= 0.6 is 0 Å². The van der Waals surface area contributed by atoms with Gasteiger partial charge in [0.15, 0.2) is 0 Å². The van der Waals surface area contributed by atoms with Gasteiger partial charge >= 0.3 is 0 Å². The smallest absolute Gasteiger partial charge is 0.255 e. The van der Waals surface area contributed by atoms with E-state index in [-0.39, 0.29) is 43.2 Å². The number of carbonyl (C=O) groups excluding carboxylic acids is 2. The first-order valence-corrected chi connectivity index (χ1v) is 14.9. The zero-order valence-corrected chi connectivity index (χ0v) is 24.1. The number of hydrogen-bond donors (Lipinski definition) is 4. The Balaban J connectivity index is 1.42. The molecule has 2 amide bonds. The molecule has 5 atom stereocenters. The SMILES string of the molecule is CC(C)CCN1C[C@@H]2C[C@H]1C(=O)NC[C@H]1O[C@H](CCOc3cc(-c4ccc(CO)cc4)ccc3C(=O)N2)CC[C@@H]1O. The summed E-state index contributed by atoms with van der Waals surface area (Å²) in [4.78, 5) is 29.1. The van der Waals surface area contributed by atoms with Crippen LogP contribution in [-0.2, 0) is 16.1 Å². The Kier molecular flexibility index (Phi) is 9.60. The van der Waals surface area contributed by atoms with Crippen molar-refractivity contribution in [1.82, 2.24) is 15.5 Å². The standard InChI is InChI=1S/C32H43N3O6/c1-20(2)11-13-35-18-24-16-27(35)32(39)33-17-30-28(37)10-8-25(41-30)12-14-40-29-15-23(7-9-26(29)31(38)34-24)22-5-3-21(19-36)4-6-22/h3-7,9,15,20,24-25,27-28,30,36-37H,8,10-14,16-19H2,1-2H3,(H,33,39)(H,34,38)/t24-,25-,27-,28-,30+/m0/s1. The van der Waals surface area contributed by atoms with Crippen molar-refractivity contribution in [2.45, 2.75) is 83.0 Å². The molecule has 2 fully saturated rings. The van der Waals surface area contributed by atoms with Crippen molar-refractivity contribution in [2.24, 2.45) is 5.92 Å². The number of nitrogens with one attached hydrogen (secondary N) is 2. The molecule has 3 heterocycles. The third-order valence-corrected chi connectivity index (χ3v) is 8.49. The molecule has 222 valence electrons. The number of hydrogen-bond acceptors (Lipinski definition) is 7. The van der Waals surface area contributed by atoms with Gasteiger partial charge in [0.1, 0.15) is 11.9 Å². The second kappa shape index (κ2) is 13.3. The maximum atomic E-state index is 13.6. The maximum absolute atomic E-state index is 13.6. The second-order valence-corrected chi connectivity index (χ2v) is 12.0. The van der Waals surface area contributed by atoms with Crippen LogP contribution in [0.3, 0.4) is 0 Å². The van der Waals surface area contributed by atoms with Gasteiger partial charge in [-0.1, -0.05) is 44.2 Å². The van der Waals surface area contributed by atoms with E-state index in [1.165, 1.54) is 0 Å². The van der Waals surface area contributed by atoms with Crippen molar-refractivity contribution >= 4 is 11.8 Å². The molecule has 41 heavy (non-hydrogen) atoms. The lowest BCUT2D eigenvalue weighted by molar-refractivity contribution is -0.133. The molecular formula is C32H43N3O6. The average Bonchev–Trinajstić information content (AvgIpc) is 3.38. The molecular weight excluding hydrogens is 522 g/mol. The third kappa shape index (κ3) is 7.27. The molecule has 9 heteroatoms. The van der Waals surface area contributed by atoms with Gasteiger partial charge in [-0.15, -0.1) is 0 Å². The summed E-state index contributed by atoms with van der Waals surface area (Å²) in [7, 11) is 0. The Hall–Kier alpha value is -2.98. The molecule has 2 aromatic rings. The largest absolute Gasteiger partial charge is 0.493 e. The highest BCUT2D eigenvalue weighted by Crippen LogP contribution is 2.30. The van der Waals surface area contributed by atoms with Crippen molar-refractivity contribution in [1.29, 1.82) is 0 Å². The van der Waals surface area contributed by atoms with Gasteiger partial charge in [-0.3, -0.25) is 14.5 Å².